The van der Waals surface area contributed by atoms with Crippen molar-refractivity contribution in [1.29, 1.82) is 0 Å². The molecule has 0 bridgehead atoms. The number of phenols is 1. The molecule has 0 radical (unpaired) electrons. The summed E-state index contributed by atoms with van der Waals surface area (Å²) in [7, 11) is 0. The molecule has 0 aliphatic rings. The predicted octanol–water partition coefficient (Wildman–Crippen LogP) is 3.71. The summed E-state index contributed by atoms with van der Waals surface area (Å²) in [5, 5.41) is 11.9. The van der Waals surface area contributed by atoms with Crippen molar-refractivity contribution < 1.29 is 35.8 Å². The fourth-order valence-electron chi connectivity index (χ4n) is 1.04. The summed E-state index contributed by atoms with van der Waals surface area (Å²) in [4.78, 5) is 0. The molecule has 0 aromatic heterocycles. The Hall–Kier alpha value is -1.27. The highest BCUT2D eigenvalue weighted by Crippen LogP contribution is 2.44. The average Bonchev–Trinajstić information content (AvgIpc) is 2.32. The van der Waals surface area contributed by atoms with Gasteiger partial charge in [-0.15, -0.1) is 0 Å². The average molecular weight is 430 g/mol. The van der Waals surface area contributed by atoms with E-state index in [1.165, 1.54) is 18.2 Å². The molecule has 0 heterocycles. The lowest BCUT2D eigenvalue weighted by atomic mass is 10.2. The number of hydrogen-bond donors (Lipinski definition) is 2. The highest BCUT2D eigenvalue weighted by molar-refractivity contribution is 14.1. The quantitative estimate of drug-likeness (QED) is 0.252. The molecule has 0 unspecified atom stereocenters. The number of alkyl halides is 7. The molecule has 1 aromatic carbocycles. The number of benzene rings is 1. The van der Waals surface area contributed by atoms with Crippen LogP contribution in [0.2, 0.25) is 0 Å². The summed E-state index contributed by atoms with van der Waals surface area (Å²) in [5.74, 6) is -6.39. The van der Waals surface area contributed by atoms with Crippen LogP contribution in [0, 0.1) is 3.57 Å². The molecule has 11 heteroatoms. The first-order valence-corrected chi connectivity index (χ1v) is 6.07. The van der Waals surface area contributed by atoms with Crippen LogP contribution in [0.25, 0.3) is 0 Å². The molecular weight excluding hydrogens is 424 g/mol. The Labute approximate surface area is 127 Å². The molecule has 0 saturated carbocycles. The van der Waals surface area contributed by atoms with Crippen LogP contribution in [0.3, 0.4) is 0 Å². The predicted molar refractivity (Wildman–Crippen MR) is 67.5 cm³/mol. The Morgan fingerprint density at radius 2 is 1.67 bits per heavy atom. The van der Waals surface area contributed by atoms with Crippen molar-refractivity contribution in [2.24, 2.45) is 5.10 Å². The van der Waals surface area contributed by atoms with Crippen LogP contribution in [-0.4, -0.2) is 29.5 Å². The van der Waals surface area contributed by atoms with Crippen LogP contribution in [-0.2, 0) is 0 Å². The second-order valence-corrected chi connectivity index (χ2v) is 4.89. The van der Waals surface area contributed by atoms with Gasteiger partial charge in [0, 0.05) is 0 Å². The molecule has 118 valence electrons. The number of hydrazone groups is 1. The van der Waals surface area contributed by atoms with Gasteiger partial charge in [-0.1, -0.05) is 0 Å². The Balaban J connectivity index is 2.86. The van der Waals surface area contributed by atoms with E-state index in [2.05, 4.69) is 5.10 Å². The van der Waals surface area contributed by atoms with Crippen molar-refractivity contribution in [3.63, 3.8) is 0 Å². The lowest BCUT2D eigenvalue weighted by Crippen LogP contribution is -2.58. The molecule has 0 saturated heterocycles. The fraction of sp³-hybridized carbons (Fsp3) is 0.300. The van der Waals surface area contributed by atoms with E-state index in [4.69, 9.17) is 0 Å². The van der Waals surface area contributed by atoms with Crippen molar-refractivity contribution in [3.05, 3.63) is 27.3 Å². The Kier molecular flexibility index (Phi) is 4.95. The minimum Gasteiger partial charge on any atom is -0.507 e. The first-order valence-electron chi connectivity index (χ1n) is 4.99. The normalized spacial score (nSPS) is 13.7. The third-order valence-corrected chi connectivity index (χ3v) is 3.00. The molecule has 21 heavy (non-hydrogen) atoms. The number of halogens is 8. The summed E-state index contributed by atoms with van der Waals surface area (Å²) < 4.78 is 86.4. The Morgan fingerprint density at radius 3 is 2.14 bits per heavy atom. The summed E-state index contributed by atoms with van der Waals surface area (Å²) in [5.41, 5.74) is 0.597. The monoisotopic (exact) mass is 430 g/mol. The van der Waals surface area contributed by atoms with Gasteiger partial charge in [-0.05, 0) is 46.4 Å². The van der Waals surface area contributed by atoms with Gasteiger partial charge in [0.1, 0.15) is 5.75 Å². The Morgan fingerprint density at radius 1 is 1.10 bits per heavy atom. The van der Waals surface area contributed by atoms with E-state index in [1.807, 2.05) is 0 Å². The third-order valence-electron chi connectivity index (χ3n) is 2.14. The lowest BCUT2D eigenvalue weighted by Gasteiger charge is -2.27. The molecule has 2 N–H and O–H groups in total. The van der Waals surface area contributed by atoms with Crippen LogP contribution in [0.4, 0.5) is 30.7 Å². The number of nitrogens with one attached hydrogen (secondary N) is 1. The lowest BCUT2D eigenvalue weighted by molar-refractivity contribution is -0.361. The molecule has 0 amide bonds. The molecular formula is C10H6F7IN2O. The van der Waals surface area contributed by atoms with Gasteiger partial charge < -0.3 is 5.11 Å². The second kappa shape index (κ2) is 5.85. The number of phenolic OH excluding ortho intramolecular Hbond substituents is 1. The largest absolute Gasteiger partial charge is 0.507 e. The maximum absolute atomic E-state index is 12.8. The molecule has 3 nitrogen and oxygen atoms in total. The van der Waals surface area contributed by atoms with Gasteiger partial charge in [0.05, 0.1) is 9.78 Å². The van der Waals surface area contributed by atoms with Crippen LogP contribution in [0.15, 0.2) is 23.3 Å². The van der Waals surface area contributed by atoms with E-state index in [0.29, 0.717) is 15.2 Å². The standard InChI is InChI=1S/C10H6F7IN2O/c11-8(12,9(13,14)15)10(16,17)20-19-4-5-1-2-7(21)6(18)3-5/h1-4,20-21H/b19-4+. The van der Waals surface area contributed by atoms with E-state index >= 15 is 0 Å². The highest BCUT2D eigenvalue weighted by atomic mass is 127. The van der Waals surface area contributed by atoms with E-state index in [1.54, 1.807) is 22.6 Å². The van der Waals surface area contributed by atoms with Gasteiger partial charge in [0.25, 0.3) is 0 Å². The summed E-state index contributed by atoms with van der Waals surface area (Å²) in [6.07, 6.45) is -5.81. The van der Waals surface area contributed by atoms with E-state index in [9.17, 15) is 35.8 Å². The molecule has 1 rings (SSSR count). The highest BCUT2D eigenvalue weighted by Gasteiger charge is 2.73. The number of hydrogen-bond acceptors (Lipinski definition) is 3. The first-order chi connectivity index (χ1) is 9.38. The summed E-state index contributed by atoms with van der Waals surface area (Å²) in [6, 6.07) is -1.98. The number of aromatic hydroxyl groups is 1. The zero-order valence-electron chi connectivity index (χ0n) is 9.73. The maximum Gasteiger partial charge on any atom is 0.462 e. The van der Waals surface area contributed by atoms with Crippen LogP contribution >= 0.6 is 22.6 Å². The van der Waals surface area contributed by atoms with E-state index in [-0.39, 0.29) is 11.3 Å². The summed E-state index contributed by atoms with van der Waals surface area (Å²) in [6.45, 7) is 0. The van der Waals surface area contributed by atoms with Gasteiger partial charge in [-0.2, -0.15) is 35.8 Å². The number of rotatable bonds is 4. The van der Waals surface area contributed by atoms with Crippen molar-refractivity contribution in [3.8, 4) is 5.75 Å². The van der Waals surface area contributed by atoms with Gasteiger partial charge >= 0.3 is 18.1 Å². The van der Waals surface area contributed by atoms with E-state index in [0.717, 1.165) is 0 Å². The van der Waals surface area contributed by atoms with Gasteiger partial charge in [-0.25, -0.2) is 5.43 Å². The van der Waals surface area contributed by atoms with Crippen LogP contribution in [0.5, 0.6) is 5.75 Å². The van der Waals surface area contributed by atoms with Crippen molar-refractivity contribution >= 4 is 28.8 Å². The number of nitrogens with zero attached hydrogens (tertiary/aromatic N) is 1. The maximum atomic E-state index is 12.8. The van der Waals surface area contributed by atoms with Crippen LogP contribution < -0.4 is 5.43 Å². The molecule has 1 aromatic rings. The van der Waals surface area contributed by atoms with Crippen molar-refractivity contribution in [2.75, 3.05) is 0 Å². The zero-order valence-corrected chi connectivity index (χ0v) is 11.9. The molecule has 0 spiro atoms. The topological polar surface area (TPSA) is 44.6 Å². The van der Waals surface area contributed by atoms with Gasteiger partial charge in [-0.3, -0.25) is 0 Å². The Bertz CT molecular complexity index is 545. The van der Waals surface area contributed by atoms with Gasteiger partial charge in [0.2, 0.25) is 0 Å². The van der Waals surface area contributed by atoms with Crippen molar-refractivity contribution in [1.82, 2.24) is 5.43 Å². The summed E-state index contributed by atoms with van der Waals surface area (Å²) >= 11 is 1.69. The first kappa shape index (κ1) is 17.8. The minimum atomic E-state index is -6.42. The van der Waals surface area contributed by atoms with Crippen molar-refractivity contribution in [2.45, 2.75) is 18.1 Å². The van der Waals surface area contributed by atoms with E-state index < -0.39 is 18.1 Å². The third kappa shape index (κ3) is 3.89. The fourth-order valence-corrected chi connectivity index (χ4v) is 1.58. The van der Waals surface area contributed by atoms with Gasteiger partial charge in [0.15, 0.2) is 0 Å². The molecule has 0 fully saturated rings. The second-order valence-electron chi connectivity index (χ2n) is 3.73. The van der Waals surface area contributed by atoms with Crippen LogP contribution in [0.1, 0.15) is 5.56 Å². The minimum absolute atomic E-state index is 0.107. The molecule has 0 aliphatic heterocycles. The SMILES string of the molecule is Oc1ccc(/C=N/NC(F)(F)C(F)(F)C(F)(F)F)cc1I. The zero-order chi connectivity index (χ0) is 16.5. The smallest absolute Gasteiger partial charge is 0.462 e. The molecule has 0 atom stereocenters. The molecule has 0 aliphatic carbocycles.